The molecule has 0 aromatic carbocycles. The Morgan fingerprint density at radius 2 is 2.17 bits per heavy atom. The van der Waals surface area contributed by atoms with Crippen molar-refractivity contribution in [2.45, 2.75) is 52.0 Å². The van der Waals surface area contributed by atoms with Crippen LogP contribution in [0.1, 0.15) is 49.7 Å². The molecule has 0 saturated carbocycles. The second-order valence-electron chi connectivity index (χ2n) is 6.02. The van der Waals surface area contributed by atoms with Crippen molar-refractivity contribution in [3.8, 4) is 0 Å². The monoisotopic (exact) mass is 348 g/mol. The van der Waals surface area contributed by atoms with Crippen molar-refractivity contribution in [2.75, 3.05) is 18.4 Å². The fourth-order valence-corrected chi connectivity index (χ4v) is 3.99. The second kappa shape index (κ2) is 7.74. The smallest absolute Gasteiger partial charge is 0.323 e. The number of anilines is 1. The molecule has 130 valence electrons. The maximum absolute atomic E-state index is 12.5. The number of rotatable bonds is 5. The van der Waals surface area contributed by atoms with Gasteiger partial charge in [-0.3, -0.25) is 5.32 Å². The average Bonchev–Trinajstić information content (AvgIpc) is 3.25. The number of thiazole rings is 1. The second-order valence-corrected chi connectivity index (χ2v) is 7.10. The van der Waals surface area contributed by atoms with Crippen molar-refractivity contribution in [2.24, 2.45) is 0 Å². The molecular weight excluding hydrogens is 324 g/mol. The molecule has 0 aliphatic carbocycles. The summed E-state index contributed by atoms with van der Waals surface area (Å²) in [4.78, 5) is 24.2. The predicted molar refractivity (Wildman–Crippen MR) is 94.4 cm³/mol. The van der Waals surface area contributed by atoms with Crippen LogP contribution < -0.4 is 5.32 Å². The van der Waals surface area contributed by atoms with Crippen LogP contribution in [0.4, 0.5) is 9.93 Å². The Kier molecular flexibility index (Phi) is 5.44. The van der Waals surface area contributed by atoms with Gasteiger partial charge in [0.25, 0.3) is 0 Å². The first-order valence-electron chi connectivity index (χ1n) is 8.59. The third-order valence-corrected chi connectivity index (χ3v) is 5.52. The van der Waals surface area contributed by atoms with Gasteiger partial charge in [0.1, 0.15) is 12.7 Å². The summed E-state index contributed by atoms with van der Waals surface area (Å²) in [5.41, 5.74) is 1.13. The molecule has 2 aromatic heterocycles. The van der Waals surface area contributed by atoms with Crippen LogP contribution >= 0.6 is 11.3 Å². The molecule has 3 heterocycles. The van der Waals surface area contributed by atoms with Crippen LogP contribution in [-0.2, 0) is 12.8 Å². The van der Waals surface area contributed by atoms with Crippen molar-refractivity contribution in [1.82, 2.24) is 24.6 Å². The number of amides is 2. The van der Waals surface area contributed by atoms with Crippen LogP contribution in [0.25, 0.3) is 0 Å². The highest BCUT2D eigenvalue weighted by Gasteiger charge is 2.25. The number of urea groups is 1. The number of hydrogen-bond acceptors (Lipinski definition) is 5. The van der Waals surface area contributed by atoms with E-state index in [1.807, 2.05) is 9.58 Å². The van der Waals surface area contributed by atoms with Gasteiger partial charge < -0.3 is 4.90 Å². The molecule has 2 amide bonds. The van der Waals surface area contributed by atoms with Gasteiger partial charge in [0.15, 0.2) is 5.13 Å². The number of aryl methyl sites for hydroxylation is 2. The summed E-state index contributed by atoms with van der Waals surface area (Å²) in [5.74, 6) is 0. The Morgan fingerprint density at radius 3 is 2.79 bits per heavy atom. The van der Waals surface area contributed by atoms with Crippen LogP contribution in [-0.4, -0.2) is 43.8 Å². The highest BCUT2D eigenvalue weighted by atomic mass is 32.1. The molecule has 0 bridgehead atoms. The van der Waals surface area contributed by atoms with E-state index in [1.54, 1.807) is 24.0 Å². The lowest BCUT2D eigenvalue weighted by Crippen LogP contribution is -2.41. The summed E-state index contributed by atoms with van der Waals surface area (Å²) in [5, 5.41) is 7.89. The van der Waals surface area contributed by atoms with Gasteiger partial charge >= 0.3 is 6.03 Å². The first kappa shape index (κ1) is 16.9. The van der Waals surface area contributed by atoms with E-state index < -0.39 is 0 Å². The van der Waals surface area contributed by atoms with E-state index in [2.05, 4.69) is 34.2 Å². The highest BCUT2D eigenvalue weighted by Crippen LogP contribution is 2.26. The molecule has 7 nitrogen and oxygen atoms in total. The molecule has 1 aliphatic heterocycles. The molecule has 1 fully saturated rings. The lowest BCUT2D eigenvalue weighted by atomic mass is 10.1. The van der Waals surface area contributed by atoms with E-state index in [9.17, 15) is 4.79 Å². The number of carbonyl (C=O) groups excluding carboxylic acids is 1. The number of hydrogen-bond donors (Lipinski definition) is 1. The van der Waals surface area contributed by atoms with Crippen molar-refractivity contribution in [1.29, 1.82) is 0 Å². The van der Waals surface area contributed by atoms with Gasteiger partial charge in [0.2, 0.25) is 0 Å². The largest absolute Gasteiger partial charge is 0.324 e. The van der Waals surface area contributed by atoms with Crippen molar-refractivity contribution in [3.05, 3.63) is 23.2 Å². The number of likely N-dealkylation sites (tertiary alicyclic amines) is 1. The molecular formula is C16H24N6OS. The topological polar surface area (TPSA) is 75.9 Å². The fourth-order valence-electron chi connectivity index (χ4n) is 3.06. The third-order valence-electron chi connectivity index (χ3n) is 4.36. The van der Waals surface area contributed by atoms with Crippen LogP contribution in [0.5, 0.6) is 0 Å². The van der Waals surface area contributed by atoms with E-state index in [0.717, 1.165) is 56.0 Å². The number of carbonyl (C=O) groups is 1. The van der Waals surface area contributed by atoms with Gasteiger partial charge in [-0.2, -0.15) is 5.10 Å². The first-order chi connectivity index (χ1) is 11.7. The summed E-state index contributed by atoms with van der Waals surface area (Å²) in [6, 6.07) is 0.283. The van der Waals surface area contributed by atoms with Crippen LogP contribution in [0, 0.1) is 0 Å². The average molecular weight is 348 g/mol. The molecule has 3 rings (SSSR count). The summed E-state index contributed by atoms with van der Waals surface area (Å²) in [6.07, 6.45) is 8.11. The van der Waals surface area contributed by atoms with Crippen LogP contribution in [0.15, 0.2) is 12.7 Å². The number of nitrogens with zero attached hydrogens (tertiary/aromatic N) is 5. The molecule has 24 heavy (non-hydrogen) atoms. The zero-order chi connectivity index (χ0) is 16.9. The molecule has 2 aromatic rings. The Morgan fingerprint density at radius 1 is 1.38 bits per heavy atom. The summed E-state index contributed by atoms with van der Waals surface area (Å²) < 4.78 is 1.89. The van der Waals surface area contributed by atoms with Gasteiger partial charge in [0, 0.05) is 18.0 Å². The Bertz CT molecular complexity index is 660. The van der Waals surface area contributed by atoms with E-state index in [1.165, 1.54) is 4.88 Å². The van der Waals surface area contributed by atoms with Crippen molar-refractivity contribution < 1.29 is 4.79 Å². The standard InChI is InChI=1S/C16H24N6OS/c1-3-5-13-14(4-2)24-15(19-13)20-16(23)21-8-6-12(7-9-21)22-11-17-10-18-22/h10-12H,3-9H2,1-2H3,(H,19,20,23). The quantitative estimate of drug-likeness (QED) is 0.901. The van der Waals surface area contributed by atoms with Gasteiger partial charge in [-0.25, -0.2) is 19.4 Å². The lowest BCUT2D eigenvalue weighted by molar-refractivity contribution is 0.180. The summed E-state index contributed by atoms with van der Waals surface area (Å²) in [6.45, 7) is 5.73. The van der Waals surface area contributed by atoms with E-state index in [0.29, 0.717) is 6.04 Å². The lowest BCUT2D eigenvalue weighted by Gasteiger charge is -2.31. The van der Waals surface area contributed by atoms with E-state index in [-0.39, 0.29) is 6.03 Å². The predicted octanol–water partition coefficient (Wildman–Crippen LogP) is 3.12. The van der Waals surface area contributed by atoms with E-state index >= 15 is 0 Å². The third kappa shape index (κ3) is 3.75. The SMILES string of the molecule is CCCc1nc(NC(=O)N2CCC(n3cncn3)CC2)sc1CC. The molecule has 0 unspecified atom stereocenters. The molecule has 0 spiro atoms. The molecule has 0 atom stereocenters. The van der Waals surface area contributed by atoms with Crippen molar-refractivity contribution in [3.63, 3.8) is 0 Å². The fraction of sp³-hybridized carbons (Fsp3) is 0.625. The maximum Gasteiger partial charge on any atom is 0.323 e. The minimum Gasteiger partial charge on any atom is -0.324 e. The van der Waals surface area contributed by atoms with Gasteiger partial charge in [-0.1, -0.05) is 20.3 Å². The summed E-state index contributed by atoms with van der Waals surface area (Å²) >= 11 is 1.60. The molecule has 0 radical (unpaired) electrons. The minimum atomic E-state index is -0.0495. The molecule has 8 heteroatoms. The van der Waals surface area contributed by atoms with Crippen molar-refractivity contribution >= 4 is 22.5 Å². The number of aromatic nitrogens is 4. The Balaban J connectivity index is 1.56. The molecule has 1 N–H and O–H groups in total. The number of nitrogens with one attached hydrogen (secondary N) is 1. The zero-order valence-electron chi connectivity index (χ0n) is 14.2. The molecule has 1 saturated heterocycles. The minimum absolute atomic E-state index is 0.0495. The number of piperidine rings is 1. The van der Waals surface area contributed by atoms with Gasteiger partial charge in [-0.15, -0.1) is 11.3 Å². The van der Waals surface area contributed by atoms with Crippen LogP contribution in [0.2, 0.25) is 0 Å². The first-order valence-corrected chi connectivity index (χ1v) is 9.41. The van der Waals surface area contributed by atoms with Gasteiger partial charge in [0.05, 0.1) is 11.7 Å². The normalized spacial score (nSPS) is 15.7. The zero-order valence-corrected chi connectivity index (χ0v) is 15.1. The molecule has 1 aliphatic rings. The summed E-state index contributed by atoms with van der Waals surface area (Å²) in [7, 11) is 0. The van der Waals surface area contributed by atoms with E-state index in [4.69, 9.17) is 0 Å². The Hall–Kier alpha value is -1.96. The maximum atomic E-state index is 12.5. The highest BCUT2D eigenvalue weighted by molar-refractivity contribution is 7.15. The van der Waals surface area contributed by atoms with Gasteiger partial charge in [-0.05, 0) is 25.7 Å². The Labute approximate surface area is 146 Å². The van der Waals surface area contributed by atoms with Crippen LogP contribution in [0.3, 0.4) is 0 Å².